The van der Waals surface area contributed by atoms with E-state index < -0.39 is 5.97 Å². The van der Waals surface area contributed by atoms with E-state index in [4.69, 9.17) is 10.8 Å². The summed E-state index contributed by atoms with van der Waals surface area (Å²) in [5.41, 5.74) is 6.40. The molecule has 7 nitrogen and oxygen atoms in total. The molecule has 1 aliphatic rings. The molecule has 1 fully saturated rings. The van der Waals surface area contributed by atoms with Crippen LogP contribution in [0.25, 0.3) is 11.0 Å². The summed E-state index contributed by atoms with van der Waals surface area (Å²) in [5.74, 6) is -1.07. The molecule has 0 saturated heterocycles. The molecular formula is C10H11N5O2. The van der Waals surface area contributed by atoms with Crippen LogP contribution in [0.1, 0.15) is 29.4 Å². The van der Waals surface area contributed by atoms with Gasteiger partial charge in [-0.25, -0.2) is 19.4 Å². The third kappa shape index (κ3) is 1.39. The molecule has 2 heterocycles. The van der Waals surface area contributed by atoms with Crippen molar-refractivity contribution in [1.82, 2.24) is 19.7 Å². The molecule has 0 bridgehead atoms. The second-order valence-corrected chi connectivity index (χ2v) is 4.17. The number of nitrogens with zero attached hydrogens (tertiary/aromatic N) is 4. The summed E-state index contributed by atoms with van der Waals surface area (Å²) < 4.78 is 1.62. The predicted molar refractivity (Wildman–Crippen MR) is 58.5 cm³/mol. The fourth-order valence-electron chi connectivity index (χ4n) is 2.08. The van der Waals surface area contributed by atoms with Gasteiger partial charge < -0.3 is 10.8 Å². The molecule has 2 atom stereocenters. The number of hydrogen-bond acceptors (Lipinski definition) is 5. The van der Waals surface area contributed by atoms with E-state index >= 15 is 0 Å². The van der Waals surface area contributed by atoms with Gasteiger partial charge in [0.1, 0.15) is 6.33 Å². The number of nitrogens with two attached hydrogens (primary N) is 1. The number of aromatic nitrogens is 4. The first kappa shape index (κ1) is 10.2. The number of carbonyl (C=O) groups is 1. The normalized spacial score (nSPS) is 23.6. The van der Waals surface area contributed by atoms with Crippen LogP contribution in [0.4, 0.5) is 0 Å². The lowest BCUT2D eigenvalue weighted by molar-refractivity contribution is 0.0690. The minimum atomic E-state index is -1.07. The molecule has 3 rings (SSSR count). The van der Waals surface area contributed by atoms with Gasteiger partial charge in [-0.15, -0.1) is 0 Å². The summed E-state index contributed by atoms with van der Waals surface area (Å²) >= 11 is 0. The SMILES string of the molecule is NC1CCC1n1nc(C(=O)O)c2cncnc21. The molecule has 2 aromatic rings. The molecule has 0 radical (unpaired) electrons. The van der Waals surface area contributed by atoms with E-state index in [1.54, 1.807) is 4.68 Å². The zero-order chi connectivity index (χ0) is 12.0. The Morgan fingerprint density at radius 2 is 2.35 bits per heavy atom. The van der Waals surface area contributed by atoms with Crippen LogP contribution in [0.3, 0.4) is 0 Å². The molecule has 2 unspecified atom stereocenters. The van der Waals surface area contributed by atoms with Crippen LogP contribution in [-0.2, 0) is 0 Å². The maximum absolute atomic E-state index is 11.1. The molecule has 0 amide bonds. The van der Waals surface area contributed by atoms with Gasteiger partial charge in [0.05, 0.1) is 11.4 Å². The molecular weight excluding hydrogens is 222 g/mol. The Labute approximate surface area is 96.3 Å². The zero-order valence-electron chi connectivity index (χ0n) is 8.95. The van der Waals surface area contributed by atoms with E-state index in [1.807, 2.05) is 0 Å². The van der Waals surface area contributed by atoms with Gasteiger partial charge in [-0.05, 0) is 12.8 Å². The van der Waals surface area contributed by atoms with Crippen molar-refractivity contribution >= 4 is 17.0 Å². The van der Waals surface area contributed by atoms with Crippen LogP contribution in [0.5, 0.6) is 0 Å². The number of rotatable bonds is 2. The van der Waals surface area contributed by atoms with Gasteiger partial charge >= 0.3 is 5.97 Å². The minimum absolute atomic E-state index is 0.0142. The van der Waals surface area contributed by atoms with Crippen molar-refractivity contribution in [2.45, 2.75) is 24.9 Å². The maximum atomic E-state index is 11.1. The number of carboxylic acids is 1. The second kappa shape index (κ2) is 3.49. The molecule has 3 N–H and O–H groups in total. The Balaban J connectivity index is 2.21. The van der Waals surface area contributed by atoms with Crippen molar-refractivity contribution in [2.75, 3.05) is 0 Å². The fourth-order valence-corrected chi connectivity index (χ4v) is 2.08. The first-order valence-corrected chi connectivity index (χ1v) is 5.35. The summed E-state index contributed by atoms with van der Waals surface area (Å²) in [4.78, 5) is 19.0. The van der Waals surface area contributed by atoms with Crippen LogP contribution >= 0.6 is 0 Å². The molecule has 88 valence electrons. The lowest BCUT2D eigenvalue weighted by Crippen LogP contribution is -2.41. The topological polar surface area (TPSA) is 107 Å². The second-order valence-electron chi connectivity index (χ2n) is 4.17. The lowest BCUT2D eigenvalue weighted by Gasteiger charge is -2.33. The molecule has 17 heavy (non-hydrogen) atoms. The number of hydrogen-bond donors (Lipinski definition) is 2. The highest BCUT2D eigenvalue weighted by molar-refractivity contribution is 5.99. The monoisotopic (exact) mass is 233 g/mol. The molecule has 0 spiro atoms. The van der Waals surface area contributed by atoms with Crippen LogP contribution < -0.4 is 5.73 Å². The average Bonchev–Trinajstić information content (AvgIpc) is 2.67. The standard InChI is InChI=1S/C10H11N5O2/c11-6-1-2-7(6)15-9-5(3-12-4-13-9)8(14-15)10(16)17/h3-4,6-7H,1-2,11H2,(H,16,17). The predicted octanol–water partition coefficient (Wildman–Crippen LogP) is 0.187. The van der Waals surface area contributed by atoms with Crippen molar-refractivity contribution in [3.8, 4) is 0 Å². The smallest absolute Gasteiger partial charge is 0.357 e. The number of carboxylic acid groups (broad SMARTS) is 1. The minimum Gasteiger partial charge on any atom is -0.476 e. The fraction of sp³-hybridized carbons (Fsp3) is 0.400. The lowest BCUT2D eigenvalue weighted by atomic mass is 9.87. The Morgan fingerprint density at radius 3 is 2.94 bits per heavy atom. The van der Waals surface area contributed by atoms with Crippen LogP contribution in [0, 0.1) is 0 Å². The van der Waals surface area contributed by atoms with E-state index in [-0.39, 0.29) is 17.8 Å². The highest BCUT2D eigenvalue weighted by Crippen LogP contribution is 2.32. The van der Waals surface area contributed by atoms with Gasteiger partial charge in [0.2, 0.25) is 0 Å². The van der Waals surface area contributed by atoms with Crippen molar-refractivity contribution in [1.29, 1.82) is 0 Å². The zero-order valence-corrected chi connectivity index (χ0v) is 8.95. The number of aromatic carboxylic acids is 1. The summed E-state index contributed by atoms with van der Waals surface area (Å²) in [7, 11) is 0. The Hall–Kier alpha value is -2.02. The van der Waals surface area contributed by atoms with Crippen LogP contribution in [0.15, 0.2) is 12.5 Å². The van der Waals surface area contributed by atoms with Gasteiger partial charge in [-0.3, -0.25) is 0 Å². The first-order chi connectivity index (χ1) is 8.18. The highest BCUT2D eigenvalue weighted by Gasteiger charge is 2.32. The van der Waals surface area contributed by atoms with Crippen molar-refractivity contribution in [2.24, 2.45) is 5.73 Å². The van der Waals surface area contributed by atoms with E-state index in [9.17, 15) is 4.79 Å². The van der Waals surface area contributed by atoms with Gasteiger partial charge in [0, 0.05) is 12.2 Å². The van der Waals surface area contributed by atoms with E-state index in [0.29, 0.717) is 11.0 Å². The first-order valence-electron chi connectivity index (χ1n) is 5.35. The summed E-state index contributed by atoms with van der Waals surface area (Å²) in [6.07, 6.45) is 4.69. The molecule has 0 aliphatic heterocycles. The third-order valence-electron chi connectivity index (χ3n) is 3.18. The van der Waals surface area contributed by atoms with Crippen LogP contribution in [-0.4, -0.2) is 36.9 Å². The van der Waals surface area contributed by atoms with Gasteiger partial charge in [-0.1, -0.05) is 0 Å². The largest absolute Gasteiger partial charge is 0.476 e. The maximum Gasteiger partial charge on any atom is 0.357 e. The molecule has 2 aromatic heterocycles. The molecule has 1 aliphatic carbocycles. The number of fused-ring (bicyclic) bond motifs is 1. The average molecular weight is 233 g/mol. The summed E-state index contributed by atoms with van der Waals surface area (Å²) in [5, 5.41) is 13.6. The quantitative estimate of drug-likeness (QED) is 0.766. The van der Waals surface area contributed by atoms with Crippen molar-refractivity contribution in [3.63, 3.8) is 0 Å². The Kier molecular flexibility index (Phi) is 2.08. The van der Waals surface area contributed by atoms with Crippen molar-refractivity contribution in [3.05, 3.63) is 18.2 Å². The highest BCUT2D eigenvalue weighted by atomic mass is 16.4. The van der Waals surface area contributed by atoms with E-state index in [1.165, 1.54) is 12.5 Å². The van der Waals surface area contributed by atoms with Gasteiger partial charge in [0.15, 0.2) is 11.3 Å². The van der Waals surface area contributed by atoms with E-state index in [2.05, 4.69) is 15.1 Å². The van der Waals surface area contributed by atoms with Gasteiger partial charge in [0.25, 0.3) is 0 Å². The third-order valence-corrected chi connectivity index (χ3v) is 3.18. The molecule has 7 heteroatoms. The molecule has 0 aromatic carbocycles. The molecule has 1 saturated carbocycles. The summed E-state index contributed by atoms with van der Waals surface area (Å²) in [6, 6.07) is 0.0650. The van der Waals surface area contributed by atoms with E-state index in [0.717, 1.165) is 12.8 Å². The van der Waals surface area contributed by atoms with Crippen molar-refractivity contribution < 1.29 is 9.90 Å². The summed E-state index contributed by atoms with van der Waals surface area (Å²) in [6.45, 7) is 0. The Morgan fingerprint density at radius 1 is 1.53 bits per heavy atom. The van der Waals surface area contributed by atoms with Crippen LogP contribution in [0.2, 0.25) is 0 Å². The van der Waals surface area contributed by atoms with Gasteiger partial charge in [-0.2, -0.15) is 5.10 Å². The Bertz CT molecular complexity index is 593.